The van der Waals surface area contributed by atoms with Crippen LogP contribution in [0.5, 0.6) is 0 Å². The molecule has 0 spiro atoms. The third-order valence-corrected chi connectivity index (χ3v) is 5.99. The molecule has 0 aliphatic carbocycles. The number of nitriles is 1. The van der Waals surface area contributed by atoms with Crippen molar-refractivity contribution in [3.05, 3.63) is 59.7 Å². The van der Waals surface area contributed by atoms with Gasteiger partial charge in [0.1, 0.15) is 0 Å². The Morgan fingerprint density at radius 3 is 2.39 bits per heavy atom. The van der Waals surface area contributed by atoms with Gasteiger partial charge < -0.3 is 4.90 Å². The van der Waals surface area contributed by atoms with E-state index in [4.69, 9.17) is 5.26 Å². The number of fused-ring (bicyclic) bond motifs is 2. The lowest BCUT2D eigenvalue weighted by Gasteiger charge is -2.37. The summed E-state index contributed by atoms with van der Waals surface area (Å²) in [6.07, 6.45) is 3.33. The molecule has 2 aliphatic rings. The molecule has 0 amide bonds. The summed E-state index contributed by atoms with van der Waals surface area (Å²) in [5.41, 5.74) is 2.86. The Bertz CT molecular complexity index is 744. The lowest BCUT2D eigenvalue weighted by Crippen LogP contribution is -2.46. The summed E-state index contributed by atoms with van der Waals surface area (Å²) in [5, 5.41) is 9.07. The summed E-state index contributed by atoms with van der Waals surface area (Å²) < 4.78 is 0. The van der Waals surface area contributed by atoms with Crippen LogP contribution in [0, 0.1) is 11.5 Å². The predicted octanol–water partition coefficient (Wildman–Crippen LogP) is 3.53. The second-order valence-corrected chi connectivity index (χ2v) is 7.17. The molecule has 0 bridgehead atoms. The molecule has 0 N–H and O–H groups in total. The Morgan fingerprint density at radius 1 is 0.913 bits per heavy atom. The van der Waals surface area contributed by atoms with Crippen molar-refractivity contribution in [3.63, 3.8) is 0 Å². The van der Waals surface area contributed by atoms with Crippen LogP contribution in [0.25, 0.3) is 0 Å². The standard InChI is InChI=1S/C19H19N3S/c20-14-21-9-11-22(12-10-21)17-13-15-5-1-3-7-18(15)23-19-8-4-2-6-16(17)19/h1-8,17H,9-13H2/t17-/m1/s1. The molecule has 0 saturated carbocycles. The van der Waals surface area contributed by atoms with E-state index in [0.29, 0.717) is 6.04 Å². The van der Waals surface area contributed by atoms with Crippen molar-refractivity contribution in [3.8, 4) is 6.19 Å². The summed E-state index contributed by atoms with van der Waals surface area (Å²) in [6, 6.07) is 17.9. The van der Waals surface area contributed by atoms with Gasteiger partial charge in [-0.25, -0.2) is 0 Å². The normalized spacial score (nSPS) is 21.0. The monoisotopic (exact) mass is 321 g/mol. The van der Waals surface area contributed by atoms with Crippen molar-refractivity contribution >= 4 is 11.8 Å². The third kappa shape index (κ3) is 2.83. The van der Waals surface area contributed by atoms with Crippen LogP contribution >= 0.6 is 11.8 Å². The SMILES string of the molecule is N#CN1CCN([C@@H]2Cc3ccccc3Sc3ccccc32)CC1. The molecule has 2 aromatic rings. The van der Waals surface area contributed by atoms with Crippen LogP contribution in [0.3, 0.4) is 0 Å². The first-order valence-electron chi connectivity index (χ1n) is 8.08. The highest BCUT2D eigenvalue weighted by Crippen LogP contribution is 2.42. The fraction of sp³-hybridized carbons (Fsp3) is 0.316. The lowest BCUT2D eigenvalue weighted by atomic mass is 9.97. The largest absolute Gasteiger partial charge is 0.308 e. The molecule has 1 saturated heterocycles. The van der Waals surface area contributed by atoms with Crippen LogP contribution in [0.15, 0.2) is 58.3 Å². The van der Waals surface area contributed by atoms with E-state index in [0.717, 1.165) is 32.6 Å². The Balaban J connectivity index is 1.70. The average Bonchev–Trinajstić information content (AvgIpc) is 2.78. The predicted molar refractivity (Wildman–Crippen MR) is 92.2 cm³/mol. The number of rotatable bonds is 1. The van der Waals surface area contributed by atoms with Crippen molar-refractivity contribution < 1.29 is 0 Å². The first kappa shape index (κ1) is 14.6. The van der Waals surface area contributed by atoms with Gasteiger partial charge in [0, 0.05) is 42.0 Å². The third-order valence-electron chi connectivity index (χ3n) is 4.78. The second kappa shape index (κ2) is 6.27. The average molecular weight is 321 g/mol. The van der Waals surface area contributed by atoms with Crippen molar-refractivity contribution in [1.82, 2.24) is 9.80 Å². The minimum absolute atomic E-state index is 0.406. The van der Waals surface area contributed by atoms with E-state index in [1.54, 1.807) is 0 Å². The number of piperazine rings is 1. The van der Waals surface area contributed by atoms with Crippen LogP contribution in [0.1, 0.15) is 17.2 Å². The van der Waals surface area contributed by atoms with E-state index in [1.165, 1.54) is 20.9 Å². The quantitative estimate of drug-likeness (QED) is 0.752. The van der Waals surface area contributed by atoms with Gasteiger partial charge in [-0.3, -0.25) is 4.90 Å². The van der Waals surface area contributed by atoms with Crippen LogP contribution in [0.4, 0.5) is 0 Å². The Labute approximate surface area is 141 Å². The summed E-state index contributed by atoms with van der Waals surface area (Å²) in [5.74, 6) is 0. The van der Waals surface area contributed by atoms with Gasteiger partial charge in [-0.15, -0.1) is 0 Å². The molecule has 4 heteroatoms. The van der Waals surface area contributed by atoms with E-state index in [1.807, 2.05) is 16.7 Å². The first-order valence-corrected chi connectivity index (χ1v) is 8.90. The van der Waals surface area contributed by atoms with Gasteiger partial charge in [-0.2, -0.15) is 5.26 Å². The number of benzene rings is 2. The minimum Gasteiger partial charge on any atom is -0.308 e. The smallest absolute Gasteiger partial charge is 0.179 e. The molecule has 116 valence electrons. The molecule has 4 rings (SSSR count). The summed E-state index contributed by atoms with van der Waals surface area (Å²) in [6.45, 7) is 3.59. The topological polar surface area (TPSA) is 30.3 Å². The zero-order valence-corrected chi connectivity index (χ0v) is 13.8. The number of nitrogens with zero attached hydrogens (tertiary/aromatic N) is 3. The van der Waals surface area contributed by atoms with E-state index in [9.17, 15) is 0 Å². The molecule has 2 aromatic carbocycles. The molecule has 2 aliphatic heterocycles. The van der Waals surface area contributed by atoms with Crippen molar-refractivity contribution in [2.24, 2.45) is 0 Å². The fourth-order valence-electron chi connectivity index (χ4n) is 3.52. The summed E-state index contributed by atoms with van der Waals surface area (Å²) in [4.78, 5) is 7.15. The molecule has 3 nitrogen and oxygen atoms in total. The Kier molecular flexibility index (Phi) is 3.99. The van der Waals surface area contributed by atoms with E-state index >= 15 is 0 Å². The number of hydrogen-bond acceptors (Lipinski definition) is 4. The van der Waals surface area contributed by atoms with Gasteiger partial charge in [0.05, 0.1) is 0 Å². The van der Waals surface area contributed by atoms with Gasteiger partial charge in [-0.05, 0) is 29.7 Å². The van der Waals surface area contributed by atoms with Crippen LogP contribution < -0.4 is 0 Å². The minimum atomic E-state index is 0.406. The maximum absolute atomic E-state index is 9.07. The second-order valence-electron chi connectivity index (χ2n) is 6.09. The van der Waals surface area contributed by atoms with Gasteiger partial charge >= 0.3 is 0 Å². The highest BCUT2D eigenvalue weighted by atomic mass is 32.2. The molecule has 1 fully saturated rings. The maximum atomic E-state index is 9.07. The highest BCUT2D eigenvalue weighted by molar-refractivity contribution is 7.99. The van der Waals surface area contributed by atoms with Crippen LogP contribution in [-0.2, 0) is 6.42 Å². The lowest BCUT2D eigenvalue weighted by molar-refractivity contribution is 0.124. The molecule has 0 unspecified atom stereocenters. The van der Waals surface area contributed by atoms with Crippen LogP contribution in [-0.4, -0.2) is 36.0 Å². The Morgan fingerprint density at radius 2 is 1.61 bits per heavy atom. The van der Waals surface area contributed by atoms with Crippen molar-refractivity contribution in [1.29, 1.82) is 5.26 Å². The van der Waals surface area contributed by atoms with E-state index in [-0.39, 0.29) is 0 Å². The van der Waals surface area contributed by atoms with Gasteiger partial charge in [0.2, 0.25) is 0 Å². The molecule has 0 aromatic heterocycles. The van der Waals surface area contributed by atoms with Crippen molar-refractivity contribution in [2.45, 2.75) is 22.3 Å². The molecule has 2 heterocycles. The highest BCUT2D eigenvalue weighted by Gasteiger charge is 2.29. The van der Waals surface area contributed by atoms with E-state index in [2.05, 4.69) is 59.6 Å². The molecule has 23 heavy (non-hydrogen) atoms. The summed E-state index contributed by atoms with van der Waals surface area (Å²) in [7, 11) is 0. The van der Waals surface area contributed by atoms with Gasteiger partial charge in [0.15, 0.2) is 6.19 Å². The molecular weight excluding hydrogens is 302 g/mol. The molecule has 0 radical (unpaired) electrons. The van der Waals surface area contributed by atoms with E-state index < -0.39 is 0 Å². The molecular formula is C19H19N3S. The Hall–Kier alpha value is -1.96. The number of hydrogen-bond donors (Lipinski definition) is 0. The summed E-state index contributed by atoms with van der Waals surface area (Å²) >= 11 is 1.89. The van der Waals surface area contributed by atoms with Gasteiger partial charge in [0.25, 0.3) is 0 Å². The molecule has 1 atom stereocenters. The zero-order valence-electron chi connectivity index (χ0n) is 13.0. The zero-order chi connectivity index (χ0) is 15.6. The van der Waals surface area contributed by atoms with Crippen molar-refractivity contribution in [2.75, 3.05) is 26.2 Å². The fourth-order valence-corrected chi connectivity index (χ4v) is 4.65. The maximum Gasteiger partial charge on any atom is 0.179 e. The first-order chi connectivity index (χ1) is 11.3. The van der Waals surface area contributed by atoms with Gasteiger partial charge in [-0.1, -0.05) is 48.2 Å². The van der Waals surface area contributed by atoms with Crippen LogP contribution in [0.2, 0.25) is 0 Å².